The number of pyridine rings is 1. The molecule has 72 valence electrons. The monoisotopic (exact) mass is 184 g/mol. The minimum absolute atomic E-state index is 0.239. The molecule has 0 radical (unpaired) electrons. The maximum atomic E-state index is 12.8. The van der Waals surface area contributed by atoms with E-state index in [2.05, 4.69) is 4.98 Å². The van der Waals surface area contributed by atoms with E-state index in [1.165, 1.54) is 6.20 Å². The van der Waals surface area contributed by atoms with Gasteiger partial charge in [0.05, 0.1) is 12.6 Å². The number of nitrogens with zero attached hydrogens (tertiary/aromatic N) is 1. The Balaban J connectivity index is 2.84. The minimum Gasteiger partial charge on any atom is -0.383 e. The largest absolute Gasteiger partial charge is 0.383 e. The van der Waals surface area contributed by atoms with E-state index in [9.17, 15) is 4.39 Å². The topological polar surface area (TPSA) is 48.1 Å². The van der Waals surface area contributed by atoms with Crippen LogP contribution < -0.4 is 5.73 Å². The second kappa shape index (κ2) is 4.30. The van der Waals surface area contributed by atoms with E-state index < -0.39 is 5.95 Å². The fourth-order valence-electron chi connectivity index (χ4n) is 1.06. The predicted molar refractivity (Wildman–Crippen MR) is 47.7 cm³/mol. The molecule has 4 heteroatoms. The van der Waals surface area contributed by atoms with Gasteiger partial charge in [-0.2, -0.15) is 4.39 Å². The zero-order valence-electron chi connectivity index (χ0n) is 7.75. The van der Waals surface area contributed by atoms with Gasteiger partial charge in [0, 0.05) is 18.9 Å². The Morgan fingerprint density at radius 2 is 2.38 bits per heavy atom. The number of aromatic nitrogens is 1. The molecule has 0 fully saturated rings. The molecule has 0 bridgehead atoms. The van der Waals surface area contributed by atoms with Crippen LogP contribution >= 0.6 is 0 Å². The summed E-state index contributed by atoms with van der Waals surface area (Å²) in [5.41, 5.74) is 7.03. The van der Waals surface area contributed by atoms with E-state index >= 15 is 0 Å². The number of ether oxygens (including phenoxy) is 1. The van der Waals surface area contributed by atoms with Crippen molar-refractivity contribution in [3.8, 4) is 0 Å². The van der Waals surface area contributed by atoms with Crippen LogP contribution in [0, 0.1) is 12.9 Å². The van der Waals surface area contributed by atoms with Gasteiger partial charge in [-0.05, 0) is 18.6 Å². The number of halogens is 1. The third-order valence-corrected chi connectivity index (χ3v) is 1.81. The van der Waals surface area contributed by atoms with E-state index in [4.69, 9.17) is 10.5 Å². The zero-order valence-corrected chi connectivity index (χ0v) is 7.75. The highest BCUT2D eigenvalue weighted by atomic mass is 19.1. The maximum absolute atomic E-state index is 12.8. The van der Waals surface area contributed by atoms with Gasteiger partial charge in [-0.15, -0.1) is 0 Å². The van der Waals surface area contributed by atoms with Gasteiger partial charge in [0.25, 0.3) is 0 Å². The molecule has 0 saturated heterocycles. The minimum atomic E-state index is -0.451. The van der Waals surface area contributed by atoms with Gasteiger partial charge in [0.2, 0.25) is 5.95 Å². The molecule has 0 unspecified atom stereocenters. The van der Waals surface area contributed by atoms with Crippen molar-refractivity contribution in [2.45, 2.75) is 13.0 Å². The molecule has 0 spiro atoms. The Kier molecular flexibility index (Phi) is 3.33. The first-order valence-corrected chi connectivity index (χ1v) is 4.01. The molecule has 13 heavy (non-hydrogen) atoms. The number of methoxy groups -OCH3 is 1. The summed E-state index contributed by atoms with van der Waals surface area (Å²) in [6.07, 6.45) is 1.44. The molecule has 0 saturated carbocycles. The molecule has 0 amide bonds. The molecule has 0 aromatic carbocycles. The molecular formula is C9H13FN2O. The van der Waals surface area contributed by atoms with Crippen molar-refractivity contribution in [2.75, 3.05) is 13.7 Å². The van der Waals surface area contributed by atoms with E-state index in [0.717, 1.165) is 5.56 Å². The molecular weight excluding hydrogens is 171 g/mol. The molecule has 0 aliphatic heterocycles. The van der Waals surface area contributed by atoms with Crippen LogP contribution in [0.15, 0.2) is 12.3 Å². The van der Waals surface area contributed by atoms with Crippen LogP contribution in [-0.4, -0.2) is 18.7 Å². The Labute approximate surface area is 76.7 Å². The van der Waals surface area contributed by atoms with E-state index in [1.807, 2.05) is 0 Å². The third kappa shape index (κ3) is 2.47. The van der Waals surface area contributed by atoms with Gasteiger partial charge in [-0.3, -0.25) is 0 Å². The second-order valence-corrected chi connectivity index (χ2v) is 2.94. The SMILES string of the molecule is COC[C@@H](N)c1cnc(F)c(C)c1. The molecule has 1 heterocycles. The lowest BCUT2D eigenvalue weighted by atomic mass is 10.1. The van der Waals surface area contributed by atoms with Crippen molar-refractivity contribution in [2.24, 2.45) is 5.73 Å². The average molecular weight is 184 g/mol. The second-order valence-electron chi connectivity index (χ2n) is 2.94. The van der Waals surface area contributed by atoms with Gasteiger partial charge >= 0.3 is 0 Å². The summed E-state index contributed by atoms with van der Waals surface area (Å²) in [6.45, 7) is 2.07. The molecule has 3 nitrogen and oxygen atoms in total. The highest BCUT2D eigenvalue weighted by molar-refractivity contribution is 5.20. The molecule has 1 atom stereocenters. The Morgan fingerprint density at radius 3 is 2.92 bits per heavy atom. The first-order valence-electron chi connectivity index (χ1n) is 4.01. The van der Waals surface area contributed by atoms with Crippen LogP contribution in [-0.2, 0) is 4.74 Å². The van der Waals surface area contributed by atoms with Crippen molar-refractivity contribution in [3.63, 3.8) is 0 Å². The fraction of sp³-hybridized carbons (Fsp3) is 0.444. The Morgan fingerprint density at radius 1 is 1.69 bits per heavy atom. The number of hydrogen-bond acceptors (Lipinski definition) is 3. The van der Waals surface area contributed by atoms with Gasteiger partial charge < -0.3 is 10.5 Å². The van der Waals surface area contributed by atoms with Crippen LogP contribution in [0.1, 0.15) is 17.2 Å². The summed E-state index contributed by atoms with van der Waals surface area (Å²) in [5, 5.41) is 0. The Bertz CT molecular complexity index is 291. The number of nitrogens with two attached hydrogens (primary N) is 1. The highest BCUT2D eigenvalue weighted by Crippen LogP contribution is 2.12. The van der Waals surface area contributed by atoms with Crippen LogP contribution in [0.2, 0.25) is 0 Å². The predicted octanol–water partition coefficient (Wildman–Crippen LogP) is 1.18. The van der Waals surface area contributed by atoms with Crippen molar-refractivity contribution in [1.82, 2.24) is 4.98 Å². The van der Waals surface area contributed by atoms with E-state index in [1.54, 1.807) is 20.1 Å². The molecule has 2 N–H and O–H groups in total. The maximum Gasteiger partial charge on any atom is 0.215 e. The standard InChI is InChI=1S/C9H13FN2O/c1-6-3-7(4-12-9(6)10)8(11)5-13-2/h3-4,8H,5,11H2,1-2H3/t8-/m1/s1. The van der Waals surface area contributed by atoms with E-state index in [-0.39, 0.29) is 6.04 Å². The van der Waals surface area contributed by atoms with Crippen LogP contribution in [0.4, 0.5) is 4.39 Å². The summed E-state index contributed by atoms with van der Waals surface area (Å²) in [6, 6.07) is 1.45. The van der Waals surface area contributed by atoms with Crippen molar-refractivity contribution >= 4 is 0 Å². The first kappa shape index (κ1) is 10.1. The average Bonchev–Trinajstić information content (AvgIpc) is 2.10. The van der Waals surface area contributed by atoms with Crippen LogP contribution in [0.3, 0.4) is 0 Å². The smallest absolute Gasteiger partial charge is 0.215 e. The summed E-state index contributed by atoms with van der Waals surface area (Å²) >= 11 is 0. The molecule has 1 aromatic heterocycles. The van der Waals surface area contributed by atoms with Crippen molar-refractivity contribution in [3.05, 3.63) is 29.3 Å². The first-order chi connectivity index (χ1) is 6.15. The normalized spacial score (nSPS) is 12.9. The van der Waals surface area contributed by atoms with Crippen molar-refractivity contribution < 1.29 is 9.13 Å². The third-order valence-electron chi connectivity index (χ3n) is 1.81. The van der Waals surface area contributed by atoms with Gasteiger partial charge in [0.1, 0.15) is 0 Å². The summed E-state index contributed by atoms with van der Waals surface area (Å²) in [4.78, 5) is 3.58. The van der Waals surface area contributed by atoms with Gasteiger partial charge in [-0.1, -0.05) is 0 Å². The molecule has 0 aliphatic carbocycles. The van der Waals surface area contributed by atoms with Crippen LogP contribution in [0.25, 0.3) is 0 Å². The lowest BCUT2D eigenvalue weighted by Crippen LogP contribution is -2.16. The van der Waals surface area contributed by atoms with Gasteiger partial charge in [0.15, 0.2) is 0 Å². The quantitative estimate of drug-likeness (QED) is 0.717. The van der Waals surface area contributed by atoms with Crippen LogP contribution in [0.5, 0.6) is 0 Å². The lowest BCUT2D eigenvalue weighted by molar-refractivity contribution is 0.180. The summed E-state index contributed by atoms with van der Waals surface area (Å²) in [5.74, 6) is -0.451. The number of aryl methyl sites for hydroxylation is 1. The van der Waals surface area contributed by atoms with Gasteiger partial charge in [-0.25, -0.2) is 4.98 Å². The molecule has 1 rings (SSSR count). The summed E-state index contributed by atoms with van der Waals surface area (Å²) in [7, 11) is 1.57. The zero-order chi connectivity index (χ0) is 9.84. The highest BCUT2D eigenvalue weighted by Gasteiger charge is 2.07. The Hall–Kier alpha value is -1.00. The van der Waals surface area contributed by atoms with E-state index in [0.29, 0.717) is 12.2 Å². The molecule has 1 aromatic rings. The summed E-state index contributed by atoms with van der Waals surface area (Å²) < 4.78 is 17.6. The fourth-order valence-corrected chi connectivity index (χ4v) is 1.06. The lowest BCUT2D eigenvalue weighted by Gasteiger charge is -2.10. The van der Waals surface area contributed by atoms with Crippen molar-refractivity contribution in [1.29, 1.82) is 0 Å². The number of rotatable bonds is 3. The number of hydrogen-bond donors (Lipinski definition) is 1. The molecule has 0 aliphatic rings.